The molecule has 0 saturated carbocycles. The Bertz CT molecular complexity index is 1210. The number of likely N-dealkylation sites (tertiary alicyclic amines) is 1. The molecule has 0 aliphatic carbocycles. The van der Waals surface area contributed by atoms with Crippen LogP contribution in [0.15, 0.2) is 78.9 Å². The number of hydrogen-bond acceptors (Lipinski definition) is 3. The Morgan fingerprint density at radius 3 is 2.47 bits per heavy atom. The third-order valence-electron chi connectivity index (χ3n) is 7.71. The highest BCUT2D eigenvalue weighted by Gasteiger charge is 2.30. The molecule has 1 atom stereocenters. The molecular formula is C31H34N4O. The lowest BCUT2D eigenvalue weighted by Gasteiger charge is -2.39. The molecule has 1 fully saturated rings. The van der Waals surface area contributed by atoms with Crippen LogP contribution in [0, 0.1) is 17.2 Å². The van der Waals surface area contributed by atoms with Crippen molar-refractivity contribution in [2.24, 2.45) is 5.92 Å². The maximum absolute atomic E-state index is 13.4. The molecule has 5 heteroatoms. The monoisotopic (exact) mass is 478 g/mol. The summed E-state index contributed by atoms with van der Waals surface area (Å²) in [6.07, 6.45) is 5.49. The Morgan fingerprint density at radius 2 is 1.69 bits per heavy atom. The van der Waals surface area contributed by atoms with E-state index in [9.17, 15) is 10.1 Å². The van der Waals surface area contributed by atoms with Crippen LogP contribution in [-0.4, -0.2) is 41.5 Å². The Hall–Kier alpha value is -3.62. The van der Waals surface area contributed by atoms with Gasteiger partial charge < -0.3 is 15.1 Å². The molecule has 0 spiro atoms. The van der Waals surface area contributed by atoms with Crippen molar-refractivity contribution < 1.29 is 4.79 Å². The van der Waals surface area contributed by atoms with E-state index in [-0.39, 0.29) is 12.1 Å². The van der Waals surface area contributed by atoms with E-state index in [1.54, 1.807) is 18.2 Å². The average Bonchev–Trinajstić information content (AvgIpc) is 2.93. The van der Waals surface area contributed by atoms with Crippen molar-refractivity contribution in [1.29, 1.82) is 5.26 Å². The summed E-state index contributed by atoms with van der Waals surface area (Å²) in [7, 11) is 0. The predicted molar refractivity (Wildman–Crippen MR) is 144 cm³/mol. The molecule has 0 bridgehead atoms. The summed E-state index contributed by atoms with van der Waals surface area (Å²) in [5, 5.41) is 12.2. The summed E-state index contributed by atoms with van der Waals surface area (Å²) < 4.78 is 0. The van der Waals surface area contributed by atoms with E-state index in [0.717, 1.165) is 38.4 Å². The third-order valence-corrected chi connectivity index (χ3v) is 7.71. The Morgan fingerprint density at radius 1 is 0.944 bits per heavy atom. The van der Waals surface area contributed by atoms with Crippen LogP contribution >= 0.6 is 0 Å². The molecule has 2 amide bonds. The molecular weight excluding hydrogens is 444 g/mol. The van der Waals surface area contributed by atoms with Gasteiger partial charge in [-0.15, -0.1) is 0 Å². The van der Waals surface area contributed by atoms with Gasteiger partial charge in [-0.1, -0.05) is 60.7 Å². The molecule has 184 valence electrons. The smallest absolute Gasteiger partial charge is 0.317 e. The number of anilines is 1. The van der Waals surface area contributed by atoms with Crippen LogP contribution in [-0.2, 0) is 19.4 Å². The van der Waals surface area contributed by atoms with Crippen LogP contribution < -0.4 is 5.32 Å². The first kappa shape index (κ1) is 24.1. The van der Waals surface area contributed by atoms with Crippen molar-refractivity contribution in [3.05, 3.63) is 101 Å². The number of amides is 2. The predicted octanol–water partition coefficient (Wildman–Crippen LogP) is 5.86. The minimum atomic E-state index is -0.0915. The number of urea groups is 1. The van der Waals surface area contributed by atoms with Crippen LogP contribution in [0.1, 0.15) is 41.5 Å². The van der Waals surface area contributed by atoms with Crippen molar-refractivity contribution in [2.75, 3.05) is 25.0 Å². The second kappa shape index (κ2) is 11.4. The van der Waals surface area contributed by atoms with E-state index in [2.05, 4.69) is 64.8 Å². The summed E-state index contributed by atoms with van der Waals surface area (Å²) in [4.78, 5) is 17.9. The minimum Gasteiger partial charge on any atom is -0.317 e. The van der Waals surface area contributed by atoms with Gasteiger partial charge >= 0.3 is 6.03 Å². The Labute approximate surface area is 214 Å². The normalized spacial score (nSPS) is 18.3. The Balaban J connectivity index is 1.20. The molecule has 3 aromatic rings. The quantitative estimate of drug-likeness (QED) is 0.483. The van der Waals surface area contributed by atoms with Gasteiger partial charge in [-0.3, -0.25) is 0 Å². The Kier molecular flexibility index (Phi) is 7.64. The van der Waals surface area contributed by atoms with E-state index in [4.69, 9.17) is 0 Å². The molecule has 5 rings (SSSR count). The zero-order chi connectivity index (χ0) is 24.7. The second-order valence-corrected chi connectivity index (χ2v) is 10.1. The lowest BCUT2D eigenvalue weighted by molar-refractivity contribution is 0.141. The van der Waals surface area contributed by atoms with Gasteiger partial charge in [0.05, 0.1) is 11.6 Å². The summed E-state index contributed by atoms with van der Waals surface area (Å²) in [5.74, 6) is 0.761. The minimum absolute atomic E-state index is 0.0915. The second-order valence-electron chi connectivity index (χ2n) is 10.1. The van der Waals surface area contributed by atoms with Gasteiger partial charge in [-0.05, 0) is 86.0 Å². The van der Waals surface area contributed by atoms with Crippen LogP contribution in [0.2, 0.25) is 0 Å². The molecule has 5 nitrogen and oxygen atoms in total. The maximum Gasteiger partial charge on any atom is 0.322 e. The van der Waals surface area contributed by atoms with E-state index in [1.807, 2.05) is 17.0 Å². The fraction of sp³-hybridized carbons (Fsp3) is 0.355. The molecule has 1 N–H and O–H groups in total. The summed E-state index contributed by atoms with van der Waals surface area (Å²) >= 11 is 0. The number of hydrogen-bond donors (Lipinski definition) is 1. The highest BCUT2D eigenvalue weighted by Crippen LogP contribution is 2.27. The number of nitriles is 1. The zero-order valence-corrected chi connectivity index (χ0v) is 20.8. The molecule has 0 aromatic heterocycles. The number of carbonyl (C=O) groups excluding carboxylic acids is 1. The highest BCUT2D eigenvalue weighted by molar-refractivity contribution is 5.90. The SMILES string of the molecule is N#Cc1cccc(NC(=O)N2Cc3ccccc3CC2CCN2CCC(Cc3ccccc3)CC2)c1. The van der Waals surface area contributed by atoms with Crippen LogP contribution in [0.3, 0.4) is 0 Å². The van der Waals surface area contributed by atoms with E-state index in [1.165, 1.54) is 36.0 Å². The molecule has 0 radical (unpaired) electrons. The summed E-state index contributed by atoms with van der Waals surface area (Å²) in [6.45, 7) is 3.89. The van der Waals surface area contributed by atoms with Gasteiger partial charge in [-0.25, -0.2) is 4.79 Å². The maximum atomic E-state index is 13.4. The third kappa shape index (κ3) is 5.95. The van der Waals surface area contributed by atoms with Crippen LogP contribution in [0.4, 0.5) is 10.5 Å². The van der Waals surface area contributed by atoms with Gasteiger partial charge in [-0.2, -0.15) is 5.26 Å². The van der Waals surface area contributed by atoms with Crippen molar-refractivity contribution in [2.45, 2.75) is 44.7 Å². The van der Waals surface area contributed by atoms with Crippen LogP contribution in [0.5, 0.6) is 0 Å². The van der Waals surface area contributed by atoms with Crippen molar-refractivity contribution >= 4 is 11.7 Å². The molecule has 3 aromatic carbocycles. The highest BCUT2D eigenvalue weighted by atomic mass is 16.2. The molecule has 1 unspecified atom stereocenters. The fourth-order valence-corrected chi connectivity index (χ4v) is 5.64. The standard InChI is InChI=1S/C31H34N4O/c32-22-26-9-6-12-29(20-26)33-31(36)35-23-28-11-5-4-10-27(28)21-30(35)15-18-34-16-13-25(14-17-34)19-24-7-2-1-3-8-24/h1-12,20,25,30H,13-19,21,23H2,(H,33,36). The fourth-order valence-electron chi connectivity index (χ4n) is 5.64. The van der Waals surface area contributed by atoms with E-state index in [0.29, 0.717) is 17.8 Å². The molecule has 2 aliphatic heterocycles. The first-order valence-electron chi connectivity index (χ1n) is 13.1. The van der Waals surface area contributed by atoms with Crippen LogP contribution in [0.25, 0.3) is 0 Å². The van der Waals surface area contributed by atoms with Crippen molar-refractivity contribution in [3.8, 4) is 6.07 Å². The summed E-state index contributed by atoms with van der Waals surface area (Å²) in [6, 6.07) is 28.6. The average molecular weight is 479 g/mol. The molecule has 36 heavy (non-hydrogen) atoms. The number of carbonyl (C=O) groups is 1. The van der Waals surface area contributed by atoms with Gasteiger partial charge in [0.25, 0.3) is 0 Å². The zero-order valence-electron chi connectivity index (χ0n) is 20.8. The van der Waals surface area contributed by atoms with Gasteiger partial charge in [0, 0.05) is 24.8 Å². The van der Waals surface area contributed by atoms with Gasteiger partial charge in [0.15, 0.2) is 0 Å². The number of nitrogens with zero attached hydrogens (tertiary/aromatic N) is 3. The summed E-state index contributed by atoms with van der Waals surface area (Å²) in [5.41, 5.74) is 5.22. The topological polar surface area (TPSA) is 59.4 Å². The van der Waals surface area contributed by atoms with Crippen molar-refractivity contribution in [3.63, 3.8) is 0 Å². The number of piperidine rings is 1. The largest absolute Gasteiger partial charge is 0.322 e. The van der Waals surface area contributed by atoms with E-state index >= 15 is 0 Å². The van der Waals surface area contributed by atoms with Crippen molar-refractivity contribution in [1.82, 2.24) is 9.80 Å². The number of fused-ring (bicyclic) bond motifs is 1. The van der Waals surface area contributed by atoms with Gasteiger partial charge in [0.2, 0.25) is 0 Å². The van der Waals surface area contributed by atoms with Gasteiger partial charge in [0.1, 0.15) is 0 Å². The number of rotatable bonds is 6. The lowest BCUT2D eigenvalue weighted by Crippen LogP contribution is -2.48. The first-order valence-corrected chi connectivity index (χ1v) is 13.1. The van der Waals surface area contributed by atoms with E-state index < -0.39 is 0 Å². The molecule has 2 heterocycles. The molecule has 1 saturated heterocycles. The lowest BCUT2D eigenvalue weighted by atomic mass is 9.89. The molecule has 2 aliphatic rings. The number of nitrogens with one attached hydrogen (secondary N) is 1. The number of benzene rings is 3. The first-order chi connectivity index (χ1) is 17.7.